The summed E-state index contributed by atoms with van der Waals surface area (Å²) in [5.41, 5.74) is 5.33. The fourth-order valence-electron chi connectivity index (χ4n) is 4.39. The van der Waals surface area contributed by atoms with Gasteiger partial charge in [0.1, 0.15) is 0 Å². The lowest BCUT2D eigenvalue weighted by Gasteiger charge is -2.28. The van der Waals surface area contributed by atoms with E-state index < -0.39 is 0 Å². The molecule has 1 nitrogen and oxygen atoms in total. The van der Waals surface area contributed by atoms with Crippen LogP contribution < -0.4 is 0 Å². The highest BCUT2D eigenvalue weighted by molar-refractivity contribution is 5.64. The second-order valence-corrected chi connectivity index (χ2v) is 8.31. The van der Waals surface area contributed by atoms with Crippen LogP contribution in [0.4, 0.5) is 0 Å². The highest BCUT2D eigenvalue weighted by Gasteiger charge is 2.21. The molecule has 0 radical (unpaired) electrons. The van der Waals surface area contributed by atoms with Crippen molar-refractivity contribution in [3.63, 3.8) is 0 Å². The highest BCUT2D eigenvalue weighted by Crippen LogP contribution is 2.38. The molecule has 0 heterocycles. The third-order valence-corrected chi connectivity index (χ3v) is 6.23. The van der Waals surface area contributed by atoms with Gasteiger partial charge in [-0.3, -0.25) is 0 Å². The van der Waals surface area contributed by atoms with Crippen LogP contribution in [-0.4, -0.2) is 6.61 Å². The normalized spacial score (nSPS) is 19.5. The van der Waals surface area contributed by atoms with Crippen molar-refractivity contribution in [2.45, 2.75) is 64.4 Å². The number of allylic oxidation sites excluding steroid dienone is 2. The molecular weight excluding hydrogens is 352 g/mol. The van der Waals surface area contributed by atoms with Crippen LogP contribution in [0.2, 0.25) is 0 Å². The van der Waals surface area contributed by atoms with E-state index in [2.05, 4.69) is 73.3 Å². The van der Waals surface area contributed by atoms with Gasteiger partial charge in [0.05, 0.1) is 13.2 Å². The fraction of sp³-hybridized carbons (Fsp3) is 0.429. The van der Waals surface area contributed by atoms with Crippen molar-refractivity contribution >= 4 is 0 Å². The van der Waals surface area contributed by atoms with Gasteiger partial charge in [-0.05, 0) is 86.0 Å². The number of rotatable bonds is 10. The zero-order chi connectivity index (χ0) is 20.3. The Morgan fingerprint density at radius 3 is 2.17 bits per heavy atom. The first-order valence-corrected chi connectivity index (χ1v) is 11.3. The van der Waals surface area contributed by atoms with Gasteiger partial charge >= 0.3 is 0 Å². The van der Waals surface area contributed by atoms with Gasteiger partial charge in [0, 0.05) is 0 Å². The van der Waals surface area contributed by atoms with E-state index in [4.69, 9.17) is 4.74 Å². The molecule has 154 valence electrons. The van der Waals surface area contributed by atoms with Crippen LogP contribution >= 0.6 is 0 Å². The summed E-state index contributed by atoms with van der Waals surface area (Å²) in [4.78, 5) is 0. The van der Waals surface area contributed by atoms with Gasteiger partial charge in [-0.1, -0.05) is 66.8 Å². The maximum atomic E-state index is 5.72. The summed E-state index contributed by atoms with van der Waals surface area (Å²) in [6.07, 6.45) is 15.2. The lowest BCUT2D eigenvalue weighted by molar-refractivity contribution is 0.125. The van der Waals surface area contributed by atoms with E-state index in [0.29, 0.717) is 6.61 Å². The lowest BCUT2D eigenvalue weighted by atomic mass is 9.77. The lowest BCUT2D eigenvalue weighted by Crippen LogP contribution is -2.13. The van der Waals surface area contributed by atoms with E-state index in [1.807, 2.05) is 6.92 Å². The number of ether oxygens (including phenoxy) is 1. The third kappa shape index (κ3) is 6.72. The molecule has 1 aliphatic rings. The predicted molar refractivity (Wildman–Crippen MR) is 125 cm³/mol. The van der Waals surface area contributed by atoms with Crippen LogP contribution in [0.15, 0.2) is 73.3 Å². The van der Waals surface area contributed by atoms with Gasteiger partial charge in [-0.2, -0.15) is 0 Å². The summed E-state index contributed by atoms with van der Waals surface area (Å²) in [7, 11) is 0. The molecule has 0 atom stereocenters. The Labute approximate surface area is 177 Å². The van der Waals surface area contributed by atoms with Crippen molar-refractivity contribution < 1.29 is 4.74 Å². The Balaban J connectivity index is 1.50. The summed E-state index contributed by atoms with van der Waals surface area (Å²) >= 11 is 0. The first-order valence-electron chi connectivity index (χ1n) is 11.3. The van der Waals surface area contributed by atoms with Crippen molar-refractivity contribution in [3.8, 4) is 11.1 Å². The molecule has 0 aromatic heterocycles. The largest absolute Gasteiger partial charge is 0.376 e. The van der Waals surface area contributed by atoms with Crippen LogP contribution in [0.5, 0.6) is 0 Å². The van der Waals surface area contributed by atoms with Gasteiger partial charge in [0.2, 0.25) is 0 Å². The SMILES string of the molecule is C=CCC[C@H]1CC[C@H](c2ccc(-c3ccc(COCC/C=C/C)cc3)cc2)CC1. The van der Waals surface area contributed by atoms with Crippen LogP contribution in [0, 0.1) is 5.92 Å². The second-order valence-electron chi connectivity index (χ2n) is 8.31. The number of benzene rings is 2. The zero-order valence-corrected chi connectivity index (χ0v) is 18.0. The topological polar surface area (TPSA) is 9.23 Å². The molecule has 3 rings (SSSR count). The second kappa shape index (κ2) is 11.8. The Hall–Kier alpha value is -2.12. The van der Waals surface area contributed by atoms with Crippen LogP contribution in [0.3, 0.4) is 0 Å². The van der Waals surface area contributed by atoms with Crippen molar-refractivity contribution in [1.82, 2.24) is 0 Å². The fourth-order valence-corrected chi connectivity index (χ4v) is 4.39. The average molecular weight is 389 g/mol. The maximum Gasteiger partial charge on any atom is 0.0717 e. The van der Waals surface area contributed by atoms with Gasteiger partial charge in [0.15, 0.2) is 0 Å². The molecule has 0 bridgehead atoms. The molecule has 1 aliphatic carbocycles. The van der Waals surface area contributed by atoms with Crippen molar-refractivity contribution in [3.05, 3.63) is 84.5 Å². The van der Waals surface area contributed by atoms with E-state index in [0.717, 1.165) is 24.9 Å². The first-order chi connectivity index (χ1) is 14.3. The van der Waals surface area contributed by atoms with E-state index in [-0.39, 0.29) is 0 Å². The molecule has 1 fully saturated rings. The third-order valence-electron chi connectivity index (χ3n) is 6.23. The van der Waals surface area contributed by atoms with Gasteiger partial charge in [-0.15, -0.1) is 6.58 Å². The quantitative estimate of drug-likeness (QED) is 0.295. The van der Waals surface area contributed by atoms with Crippen molar-refractivity contribution in [2.24, 2.45) is 5.92 Å². The summed E-state index contributed by atoms with van der Waals surface area (Å²) in [6.45, 7) is 7.37. The molecule has 0 amide bonds. The van der Waals surface area contributed by atoms with E-state index >= 15 is 0 Å². The average Bonchev–Trinajstić information content (AvgIpc) is 2.78. The summed E-state index contributed by atoms with van der Waals surface area (Å²) in [6, 6.07) is 18.1. The van der Waals surface area contributed by atoms with Crippen LogP contribution in [0.1, 0.15) is 68.9 Å². The molecule has 29 heavy (non-hydrogen) atoms. The zero-order valence-electron chi connectivity index (χ0n) is 18.0. The minimum Gasteiger partial charge on any atom is -0.376 e. The summed E-state index contributed by atoms with van der Waals surface area (Å²) < 4.78 is 5.72. The molecule has 0 aliphatic heterocycles. The predicted octanol–water partition coefficient (Wildman–Crippen LogP) is 8.08. The minimum atomic E-state index is 0.687. The molecule has 0 saturated heterocycles. The van der Waals surface area contributed by atoms with E-state index in [1.165, 1.54) is 60.8 Å². The minimum absolute atomic E-state index is 0.687. The monoisotopic (exact) mass is 388 g/mol. The van der Waals surface area contributed by atoms with Gasteiger partial charge in [-0.25, -0.2) is 0 Å². The number of hydrogen-bond acceptors (Lipinski definition) is 1. The molecule has 1 saturated carbocycles. The Kier molecular flexibility index (Phi) is 8.77. The van der Waals surface area contributed by atoms with Gasteiger partial charge < -0.3 is 4.74 Å². The van der Waals surface area contributed by atoms with E-state index in [9.17, 15) is 0 Å². The molecule has 0 N–H and O–H groups in total. The summed E-state index contributed by atoms with van der Waals surface area (Å²) in [5.74, 6) is 1.65. The standard InChI is InChI=1S/C28H36O/c1-3-5-7-21-29-22-24-11-15-26(16-12-24)28-19-17-27(18-20-28)25-13-9-23(10-14-25)8-6-4-2/h3-5,11-12,15-20,23,25H,2,6-10,13-14,21-22H2,1H3/b5-3+/t23-,25-. The molecule has 2 aromatic carbocycles. The Morgan fingerprint density at radius 2 is 1.55 bits per heavy atom. The Bertz CT molecular complexity index is 746. The Morgan fingerprint density at radius 1 is 0.897 bits per heavy atom. The smallest absolute Gasteiger partial charge is 0.0717 e. The highest BCUT2D eigenvalue weighted by atomic mass is 16.5. The summed E-state index contributed by atoms with van der Waals surface area (Å²) in [5, 5.41) is 0. The van der Waals surface area contributed by atoms with Crippen LogP contribution in [0.25, 0.3) is 11.1 Å². The first kappa shape index (κ1) is 21.6. The molecular formula is C28H36O. The molecule has 2 aromatic rings. The molecule has 0 spiro atoms. The molecule has 1 heteroatoms. The van der Waals surface area contributed by atoms with Crippen molar-refractivity contribution in [1.29, 1.82) is 0 Å². The maximum absolute atomic E-state index is 5.72. The van der Waals surface area contributed by atoms with Crippen LogP contribution in [-0.2, 0) is 11.3 Å². The van der Waals surface area contributed by atoms with Crippen molar-refractivity contribution in [2.75, 3.05) is 6.61 Å². The van der Waals surface area contributed by atoms with Gasteiger partial charge in [0.25, 0.3) is 0 Å². The number of hydrogen-bond donors (Lipinski definition) is 0. The van der Waals surface area contributed by atoms with E-state index in [1.54, 1.807) is 0 Å². The molecule has 0 unspecified atom stereocenters.